The first-order chi connectivity index (χ1) is 16.8. The molecule has 1 N–H and O–H groups in total. The lowest BCUT2D eigenvalue weighted by Crippen LogP contribution is -2.46. The molecule has 1 heterocycles. The van der Waals surface area contributed by atoms with Gasteiger partial charge in [-0.2, -0.15) is 0 Å². The van der Waals surface area contributed by atoms with Crippen molar-refractivity contribution < 1.29 is 19.1 Å². The summed E-state index contributed by atoms with van der Waals surface area (Å²) >= 11 is 0. The molecule has 6 heteroatoms. The molecule has 1 saturated heterocycles. The average molecular weight is 495 g/mol. The molecule has 2 aromatic rings. The van der Waals surface area contributed by atoms with Gasteiger partial charge in [0.15, 0.2) is 5.60 Å². The zero-order chi connectivity index (χ0) is 26.7. The number of amides is 2. The Bertz CT molecular complexity index is 1090. The molecule has 1 atom stereocenters. The summed E-state index contributed by atoms with van der Waals surface area (Å²) in [7, 11) is 3.27. The fraction of sp³-hybridized carbons (Fsp3) is 0.533. The molecule has 0 radical (unpaired) electrons. The van der Waals surface area contributed by atoms with Crippen LogP contribution in [0.25, 0.3) is 0 Å². The van der Waals surface area contributed by atoms with E-state index in [-0.39, 0.29) is 17.0 Å². The van der Waals surface area contributed by atoms with Crippen molar-refractivity contribution in [3.05, 3.63) is 64.7 Å². The number of aryl methyl sites for hydroxylation is 2. The number of ether oxygens (including phenoxy) is 2. The van der Waals surface area contributed by atoms with Gasteiger partial charge in [-0.25, -0.2) is 9.59 Å². The van der Waals surface area contributed by atoms with E-state index in [0.29, 0.717) is 12.3 Å². The monoisotopic (exact) mass is 494 g/mol. The van der Waals surface area contributed by atoms with Crippen LogP contribution in [0.5, 0.6) is 5.75 Å². The van der Waals surface area contributed by atoms with Gasteiger partial charge in [0.25, 0.3) is 0 Å². The summed E-state index contributed by atoms with van der Waals surface area (Å²) in [5.41, 5.74) is 3.57. The van der Waals surface area contributed by atoms with Gasteiger partial charge in [-0.05, 0) is 80.2 Å². The summed E-state index contributed by atoms with van der Waals surface area (Å²) in [6.07, 6.45) is 3.57. The number of benzene rings is 2. The van der Waals surface area contributed by atoms with E-state index >= 15 is 0 Å². The highest BCUT2D eigenvalue weighted by molar-refractivity contribution is 5.79. The lowest BCUT2D eigenvalue weighted by molar-refractivity contribution is -0.156. The lowest BCUT2D eigenvalue weighted by atomic mass is 9.82. The first kappa shape index (κ1) is 27.6. The van der Waals surface area contributed by atoms with Crippen molar-refractivity contribution in [2.24, 2.45) is 0 Å². The minimum absolute atomic E-state index is 0.00752. The van der Waals surface area contributed by atoms with E-state index in [4.69, 9.17) is 9.47 Å². The highest BCUT2D eigenvalue weighted by Gasteiger charge is 2.42. The Balaban J connectivity index is 1.68. The standard InChI is InChI=1S/C30H42N2O4/c1-21-18-22(13-16-25(21)36-29(5,6)26(33)35-8)10-9-17-30(20-31-27(34)32(30)7)19-23-11-14-24(15-12-23)28(2,3)4/h11-16,18H,9-10,17,19-20H2,1-8H3,(H,31,34). The molecule has 0 saturated carbocycles. The van der Waals surface area contributed by atoms with Crippen LogP contribution in [0.4, 0.5) is 4.79 Å². The predicted octanol–water partition coefficient (Wildman–Crippen LogP) is 5.58. The second kappa shape index (κ2) is 10.5. The third-order valence-corrected chi connectivity index (χ3v) is 7.33. The van der Waals surface area contributed by atoms with Crippen molar-refractivity contribution >= 4 is 12.0 Å². The van der Waals surface area contributed by atoms with E-state index in [1.807, 2.05) is 24.9 Å². The fourth-order valence-corrected chi connectivity index (χ4v) is 4.89. The number of rotatable bonds is 9. The van der Waals surface area contributed by atoms with Gasteiger partial charge in [-0.1, -0.05) is 57.2 Å². The maximum absolute atomic E-state index is 12.4. The Morgan fingerprint density at radius 1 is 1.06 bits per heavy atom. The molecule has 2 aromatic carbocycles. The number of urea groups is 1. The number of hydrogen-bond acceptors (Lipinski definition) is 4. The predicted molar refractivity (Wildman–Crippen MR) is 144 cm³/mol. The van der Waals surface area contributed by atoms with Crippen molar-refractivity contribution in [2.75, 3.05) is 20.7 Å². The maximum atomic E-state index is 12.4. The second-order valence-electron chi connectivity index (χ2n) is 11.6. The molecular weight excluding hydrogens is 452 g/mol. The Morgan fingerprint density at radius 3 is 2.22 bits per heavy atom. The van der Waals surface area contributed by atoms with Crippen LogP contribution in [0.3, 0.4) is 0 Å². The van der Waals surface area contributed by atoms with Gasteiger partial charge >= 0.3 is 12.0 Å². The number of methoxy groups -OCH3 is 1. The number of carbonyl (C=O) groups is 2. The number of carbonyl (C=O) groups excluding carboxylic acids is 2. The van der Waals surface area contributed by atoms with Gasteiger partial charge in [0, 0.05) is 13.6 Å². The zero-order valence-corrected chi connectivity index (χ0v) is 23.2. The van der Waals surface area contributed by atoms with E-state index in [9.17, 15) is 9.59 Å². The summed E-state index contributed by atoms with van der Waals surface area (Å²) < 4.78 is 10.8. The Labute approximate surface area is 216 Å². The number of esters is 1. The molecule has 1 aliphatic heterocycles. The molecular formula is C30H42N2O4. The molecule has 3 rings (SSSR count). The first-order valence-electron chi connectivity index (χ1n) is 12.8. The summed E-state index contributed by atoms with van der Waals surface area (Å²) in [4.78, 5) is 26.3. The van der Waals surface area contributed by atoms with Gasteiger partial charge in [0.05, 0.1) is 12.6 Å². The summed E-state index contributed by atoms with van der Waals surface area (Å²) in [5, 5.41) is 3.05. The van der Waals surface area contributed by atoms with E-state index < -0.39 is 11.6 Å². The van der Waals surface area contributed by atoms with Crippen molar-refractivity contribution in [1.82, 2.24) is 10.2 Å². The molecule has 2 amide bonds. The Hall–Kier alpha value is -3.02. The topological polar surface area (TPSA) is 67.9 Å². The van der Waals surface area contributed by atoms with Crippen molar-refractivity contribution in [2.45, 2.75) is 83.8 Å². The highest BCUT2D eigenvalue weighted by Crippen LogP contribution is 2.32. The normalized spacial score (nSPS) is 18.2. The zero-order valence-electron chi connectivity index (χ0n) is 23.2. The smallest absolute Gasteiger partial charge is 0.349 e. The van der Waals surface area contributed by atoms with Crippen LogP contribution in [0.1, 0.15) is 69.7 Å². The Kier molecular flexibility index (Phi) is 8.07. The van der Waals surface area contributed by atoms with E-state index in [2.05, 4.69) is 62.5 Å². The van der Waals surface area contributed by atoms with Gasteiger partial charge in [-0.3, -0.25) is 0 Å². The molecule has 0 aliphatic carbocycles. The molecule has 6 nitrogen and oxygen atoms in total. The molecule has 0 spiro atoms. The second-order valence-corrected chi connectivity index (χ2v) is 11.6. The van der Waals surface area contributed by atoms with Crippen LogP contribution in [-0.2, 0) is 27.8 Å². The third kappa shape index (κ3) is 6.21. The van der Waals surface area contributed by atoms with E-state index in [1.54, 1.807) is 13.8 Å². The fourth-order valence-electron chi connectivity index (χ4n) is 4.89. The molecule has 1 fully saturated rings. The van der Waals surface area contributed by atoms with Crippen molar-refractivity contribution in [1.29, 1.82) is 0 Å². The van der Waals surface area contributed by atoms with Crippen LogP contribution in [0.2, 0.25) is 0 Å². The number of hydrogen-bond donors (Lipinski definition) is 1. The van der Waals surface area contributed by atoms with Crippen LogP contribution in [0.15, 0.2) is 42.5 Å². The van der Waals surface area contributed by atoms with E-state index in [0.717, 1.165) is 31.2 Å². The third-order valence-electron chi connectivity index (χ3n) is 7.33. The molecule has 1 unspecified atom stereocenters. The van der Waals surface area contributed by atoms with Crippen LogP contribution in [0, 0.1) is 6.92 Å². The van der Waals surface area contributed by atoms with Crippen molar-refractivity contribution in [3.8, 4) is 5.75 Å². The Morgan fingerprint density at radius 2 is 1.69 bits per heavy atom. The van der Waals surface area contributed by atoms with E-state index in [1.165, 1.54) is 23.8 Å². The highest BCUT2D eigenvalue weighted by atomic mass is 16.6. The maximum Gasteiger partial charge on any atom is 0.349 e. The van der Waals surface area contributed by atoms with Gasteiger partial charge in [0.1, 0.15) is 5.75 Å². The summed E-state index contributed by atoms with van der Waals surface area (Å²) in [6.45, 7) is 12.7. The lowest BCUT2D eigenvalue weighted by Gasteiger charge is -2.35. The number of nitrogens with zero attached hydrogens (tertiary/aromatic N) is 1. The molecule has 0 aromatic heterocycles. The largest absolute Gasteiger partial charge is 0.476 e. The molecule has 196 valence electrons. The minimum atomic E-state index is -1.05. The average Bonchev–Trinajstić information content (AvgIpc) is 3.08. The molecule has 0 bridgehead atoms. The summed E-state index contributed by atoms with van der Waals surface area (Å²) in [6, 6.07) is 14.9. The van der Waals surface area contributed by atoms with Crippen molar-refractivity contribution in [3.63, 3.8) is 0 Å². The first-order valence-corrected chi connectivity index (χ1v) is 12.8. The SMILES string of the molecule is COC(=O)C(C)(C)Oc1ccc(CCCC2(Cc3ccc(C(C)(C)C)cc3)CNC(=O)N2C)cc1C. The minimum Gasteiger partial charge on any atom is -0.476 e. The van der Waals surface area contributed by atoms with Crippen LogP contribution in [-0.4, -0.2) is 48.7 Å². The summed E-state index contributed by atoms with van der Waals surface area (Å²) in [5.74, 6) is 0.266. The van der Waals surface area contributed by atoms with Gasteiger partial charge in [0.2, 0.25) is 0 Å². The van der Waals surface area contributed by atoms with Gasteiger partial charge < -0.3 is 19.7 Å². The van der Waals surface area contributed by atoms with Crippen LogP contribution < -0.4 is 10.1 Å². The van der Waals surface area contributed by atoms with Crippen LogP contribution >= 0.6 is 0 Å². The number of nitrogens with one attached hydrogen (secondary N) is 1. The van der Waals surface area contributed by atoms with Gasteiger partial charge in [-0.15, -0.1) is 0 Å². The molecule has 36 heavy (non-hydrogen) atoms. The quantitative estimate of drug-likeness (QED) is 0.462. The number of likely N-dealkylation sites (N-methyl/N-ethyl adjacent to an activating group) is 1. The molecule has 1 aliphatic rings.